The van der Waals surface area contributed by atoms with Crippen molar-refractivity contribution in [2.45, 2.75) is 62.8 Å². The second-order valence-electron chi connectivity index (χ2n) is 10.4. The highest BCUT2D eigenvalue weighted by Crippen LogP contribution is 2.63. The molecule has 3 heterocycles. The van der Waals surface area contributed by atoms with E-state index in [-0.39, 0.29) is 5.78 Å². The summed E-state index contributed by atoms with van der Waals surface area (Å²) >= 11 is 0. The predicted molar refractivity (Wildman–Crippen MR) is 136 cm³/mol. The molecule has 4 aliphatic rings. The maximum atomic E-state index is 14.4. The van der Waals surface area contributed by atoms with Crippen LogP contribution in [-0.4, -0.2) is 55.0 Å². The van der Waals surface area contributed by atoms with E-state index in [0.717, 1.165) is 24.8 Å². The summed E-state index contributed by atoms with van der Waals surface area (Å²) in [5.74, 6) is -2.91. The summed E-state index contributed by atoms with van der Waals surface area (Å²) in [7, 11) is 3.03. The molecule has 1 saturated carbocycles. The monoisotopic (exact) mass is 518 g/mol. The average molecular weight is 519 g/mol. The van der Waals surface area contributed by atoms with Crippen molar-refractivity contribution in [2.75, 3.05) is 14.2 Å². The lowest BCUT2D eigenvalue weighted by Gasteiger charge is -2.47. The smallest absolute Gasteiger partial charge is 0.330 e. The summed E-state index contributed by atoms with van der Waals surface area (Å²) in [4.78, 5) is 42.2. The van der Waals surface area contributed by atoms with E-state index in [4.69, 9.17) is 18.9 Å². The van der Waals surface area contributed by atoms with Gasteiger partial charge in [0.1, 0.15) is 12.1 Å². The van der Waals surface area contributed by atoms with Crippen LogP contribution in [0.4, 0.5) is 0 Å². The summed E-state index contributed by atoms with van der Waals surface area (Å²) in [6.07, 6.45) is 5.16. The number of ether oxygens (including phenoxy) is 4. The van der Waals surface area contributed by atoms with E-state index in [0.29, 0.717) is 35.5 Å². The summed E-state index contributed by atoms with van der Waals surface area (Å²) in [6, 6.07) is 10.8. The molecule has 3 fully saturated rings. The van der Waals surface area contributed by atoms with E-state index in [1.165, 1.54) is 21.1 Å². The number of nitrogens with zero attached hydrogens (tertiary/aromatic N) is 2. The van der Waals surface area contributed by atoms with Gasteiger partial charge in [-0.3, -0.25) is 19.4 Å². The second-order valence-corrected chi connectivity index (χ2v) is 10.4. The number of carbonyl (C=O) groups is 3. The van der Waals surface area contributed by atoms with Crippen molar-refractivity contribution in [2.24, 2.45) is 10.5 Å². The number of fused-ring (bicyclic) bond motifs is 4. The van der Waals surface area contributed by atoms with Gasteiger partial charge in [-0.25, -0.2) is 0 Å². The molecule has 0 aromatic heterocycles. The number of hydrogen-bond acceptors (Lipinski definition) is 9. The van der Waals surface area contributed by atoms with Crippen LogP contribution in [0.5, 0.6) is 11.5 Å². The van der Waals surface area contributed by atoms with Crippen molar-refractivity contribution >= 4 is 23.9 Å². The number of benzene rings is 2. The SMILES string of the molecule is COc1ccc(C2C(C(C)=O)N3N=Cc4ccccc4C3C23C(=O)OC2(CCCCC2)OC3=O)cc1OC. The van der Waals surface area contributed by atoms with Crippen LogP contribution in [0.15, 0.2) is 47.6 Å². The molecule has 1 aliphatic carbocycles. The van der Waals surface area contributed by atoms with Crippen LogP contribution in [0.2, 0.25) is 0 Å². The number of hydrazone groups is 1. The molecule has 3 unspecified atom stereocenters. The van der Waals surface area contributed by atoms with Crippen molar-refractivity contribution in [3.8, 4) is 11.5 Å². The van der Waals surface area contributed by atoms with E-state index >= 15 is 0 Å². The van der Waals surface area contributed by atoms with E-state index < -0.39 is 41.1 Å². The zero-order chi connectivity index (χ0) is 26.7. The van der Waals surface area contributed by atoms with E-state index in [1.54, 1.807) is 29.4 Å². The highest BCUT2D eigenvalue weighted by Gasteiger charge is 2.75. The van der Waals surface area contributed by atoms with E-state index in [2.05, 4.69) is 5.10 Å². The van der Waals surface area contributed by atoms with Gasteiger partial charge in [-0.05, 0) is 48.6 Å². The van der Waals surface area contributed by atoms with Gasteiger partial charge >= 0.3 is 11.9 Å². The number of methoxy groups -OCH3 is 2. The summed E-state index contributed by atoms with van der Waals surface area (Å²) in [5, 5.41) is 6.22. The van der Waals surface area contributed by atoms with Crippen molar-refractivity contribution in [3.63, 3.8) is 0 Å². The van der Waals surface area contributed by atoms with Crippen LogP contribution >= 0.6 is 0 Å². The van der Waals surface area contributed by atoms with Gasteiger partial charge in [0.15, 0.2) is 17.3 Å². The van der Waals surface area contributed by atoms with Gasteiger partial charge in [0.25, 0.3) is 5.79 Å². The Labute approximate surface area is 220 Å². The number of hydrogen-bond donors (Lipinski definition) is 0. The number of carbonyl (C=O) groups excluding carboxylic acids is 3. The minimum absolute atomic E-state index is 0.234. The van der Waals surface area contributed by atoms with Gasteiger partial charge in [0, 0.05) is 18.8 Å². The highest BCUT2D eigenvalue weighted by atomic mass is 16.7. The summed E-state index contributed by atoms with van der Waals surface area (Å²) in [6.45, 7) is 1.45. The molecule has 198 valence electrons. The number of rotatable bonds is 4. The standard InChI is InChI=1S/C29H30N2O7/c1-17(32)24-23(18-11-12-21(35-2)22(15-18)36-3)29(25-20-10-6-5-9-19(20)16-30-31(24)25)26(33)37-28(38-27(29)34)13-7-4-8-14-28/h5-6,9-12,15-16,23-25H,4,7-8,13-14H2,1-3H3. The fraction of sp³-hybridized carbons (Fsp3) is 0.448. The Balaban J connectivity index is 1.60. The first-order chi connectivity index (χ1) is 18.4. The molecule has 9 nitrogen and oxygen atoms in total. The Hall–Kier alpha value is -3.88. The van der Waals surface area contributed by atoms with Gasteiger partial charge in [-0.1, -0.05) is 36.8 Å². The van der Waals surface area contributed by atoms with Crippen molar-refractivity contribution in [3.05, 3.63) is 59.2 Å². The van der Waals surface area contributed by atoms with Crippen LogP contribution in [0.1, 0.15) is 67.7 Å². The van der Waals surface area contributed by atoms with Crippen LogP contribution in [-0.2, 0) is 23.9 Å². The van der Waals surface area contributed by atoms with Crippen molar-refractivity contribution in [1.82, 2.24) is 5.01 Å². The molecule has 0 radical (unpaired) electrons. The minimum atomic E-state index is -1.87. The Morgan fingerprint density at radius 2 is 1.66 bits per heavy atom. The Bertz CT molecular complexity index is 1330. The third-order valence-corrected chi connectivity index (χ3v) is 8.44. The molecule has 2 spiro atoms. The van der Waals surface area contributed by atoms with E-state index in [1.807, 2.05) is 24.3 Å². The average Bonchev–Trinajstić information content (AvgIpc) is 3.25. The fourth-order valence-corrected chi connectivity index (χ4v) is 6.77. The first-order valence-corrected chi connectivity index (χ1v) is 13.0. The van der Waals surface area contributed by atoms with Gasteiger partial charge in [-0.15, -0.1) is 0 Å². The maximum absolute atomic E-state index is 14.4. The minimum Gasteiger partial charge on any atom is -0.493 e. The lowest BCUT2D eigenvalue weighted by atomic mass is 9.65. The molecule has 3 aliphatic heterocycles. The highest BCUT2D eigenvalue weighted by molar-refractivity contribution is 6.07. The number of ketones is 1. The van der Waals surface area contributed by atoms with Gasteiger partial charge in [0.05, 0.1) is 20.4 Å². The summed E-state index contributed by atoms with van der Waals surface area (Å²) in [5.41, 5.74) is 0.164. The third-order valence-electron chi connectivity index (χ3n) is 8.44. The molecule has 0 bridgehead atoms. The molecule has 2 saturated heterocycles. The fourth-order valence-electron chi connectivity index (χ4n) is 6.77. The Morgan fingerprint density at radius 3 is 2.32 bits per heavy atom. The van der Waals surface area contributed by atoms with Crippen LogP contribution < -0.4 is 9.47 Å². The first-order valence-electron chi connectivity index (χ1n) is 13.0. The molecule has 6 rings (SSSR count). The predicted octanol–water partition coefficient (Wildman–Crippen LogP) is 3.90. The molecule has 3 atom stereocenters. The van der Waals surface area contributed by atoms with Gasteiger partial charge in [0.2, 0.25) is 5.41 Å². The Morgan fingerprint density at radius 1 is 0.974 bits per heavy atom. The second kappa shape index (κ2) is 8.85. The first kappa shape index (κ1) is 24.5. The lowest BCUT2D eigenvalue weighted by Crippen LogP contribution is -2.60. The quantitative estimate of drug-likeness (QED) is 0.444. The van der Waals surface area contributed by atoms with Crippen molar-refractivity contribution < 1.29 is 33.3 Å². The normalized spacial score (nSPS) is 26.4. The van der Waals surface area contributed by atoms with Crippen LogP contribution in [0.3, 0.4) is 0 Å². The van der Waals surface area contributed by atoms with Crippen molar-refractivity contribution in [1.29, 1.82) is 0 Å². The topological polar surface area (TPSA) is 104 Å². The zero-order valence-electron chi connectivity index (χ0n) is 21.6. The van der Waals surface area contributed by atoms with Crippen LogP contribution in [0, 0.1) is 5.41 Å². The number of Topliss-reactive ketones (excluding diaryl/α,β-unsaturated/α-hetero) is 1. The van der Waals surface area contributed by atoms with Gasteiger partial charge in [-0.2, -0.15) is 5.10 Å². The number of esters is 2. The van der Waals surface area contributed by atoms with Crippen LogP contribution in [0.25, 0.3) is 0 Å². The molecular formula is C29H30N2O7. The molecule has 38 heavy (non-hydrogen) atoms. The molecule has 0 amide bonds. The lowest BCUT2D eigenvalue weighted by molar-refractivity contribution is -0.273. The van der Waals surface area contributed by atoms with Gasteiger partial charge < -0.3 is 18.9 Å². The molecule has 2 aromatic rings. The molecular weight excluding hydrogens is 488 g/mol. The molecule has 9 heteroatoms. The summed E-state index contributed by atoms with van der Waals surface area (Å²) < 4.78 is 23.2. The zero-order valence-corrected chi connectivity index (χ0v) is 21.6. The Kier molecular flexibility index (Phi) is 5.70. The third kappa shape index (κ3) is 3.30. The largest absolute Gasteiger partial charge is 0.493 e. The van der Waals surface area contributed by atoms with E-state index in [9.17, 15) is 14.4 Å². The molecule has 0 N–H and O–H groups in total. The molecule has 2 aromatic carbocycles. The maximum Gasteiger partial charge on any atom is 0.330 e.